The molecule has 0 rings (SSSR count). The van der Waals surface area contributed by atoms with Crippen LogP contribution in [0.1, 0.15) is 351 Å². The maximum atomic E-state index is 13.0. The Balaban J connectivity index is 5.25. The summed E-state index contributed by atoms with van der Waals surface area (Å²) < 4.78 is 68.3. The van der Waals surface area contributed by atoms with E-state index >= 15 is 0 Å². The fourth-order valence-electron chi connectivity index (χ4n) is 10.6. The van der Waals surface area contributed by atoms with Gasteiger partial charge in [0.15, 0.2) is 12.2 Å². The lowest BCUT2D eigenvalue weighted by Gasteiger charge is -2.21. The first-order chi connectivity index (χ1) is 43.2. The number of aliphatic hydroxyl groups is 1. The molecule has 0 spiro atoms. The molecule has 17 nitrogen and oxygen atoms in total. The van der Waals surface area contributed by atoms with Crippen molar-refractivity contribution in [3.05, 3.63) is 0 Å². The summed E-state index contributed by atoms with van der Waals surface area (Å²) in [4.78, 5) is 72.6. The van der Waals surface area contributed by atoms with Crippen LogP contribution in [-0.4, -0.2) is 96.7 Å². The number of phosphoric ester groups is 2. The SMILES string of the molecule is CCC(C)CCCCCCCCCCC(=O)O[C@H](COC(=O)CCCCCCCCCCC(C)C)COP(=O)(O)OCC(O)COP(=O)(O)OC[C@@H](COC(=O)CCCCCCCCC(C)CC)OC(=O)CCCCCCCCCCCCCCCCC(C)C. The van der Waals surface area contributed by atoms with Gasteiger partial charge in [-0.25, -0.2) is 9.13 Å². The number of hydrogen-bond donors (Lipinski definition) is 3. The molecule has 0 radical (unpaired) electrons. The highest BCUT2D eigenvalue weighted by Crippen LogP contribution is 2.45. The number of carbonyl (C=O) groups is 4. The molecule has 0 fully saturated rings. The lowest BCUT2D eigenvalue weighted by atomic mass is 9.99. The van der Waals surface area contributed by atoms with Gasteiger partial charge in [0, 0.05) is 25.7 Å². The Kier molecular flexibility index (Phi) is 59.4. The molecular formula is C71H138O17P2. The van der Waals surface area contributed by atoms with Crippen molar-refractivity contribution < 1.29 is 80.2 Å². The fraction of sp³-hybridized carbons (Fsp3) is 0.944. The molecule has 0 amide bonds. The molecule has 0 saturated carbocycles. The van der Waals surface area contributed by atoms with Crippen LogP contribution in [0.3, 0.4) is 0 Å². The number of hydrogen-bond acceptors (Lipinski definition) is 15. The molecule has 0 aliphatic heterocycles. The molecule has 5 unspecified atom stereocenters. The lowest BCUT2D eigenvalue weighted by Crippen LogP contribution is -2.30. The molecule has 0 aromatic rings. The van der Waals surface area contributed by atoms with Crippen LogP contribution in [0.25, 0.3) is 0 Å². The highest BCUT2D eigenvalue weighted by Gasteiger charge is 2.30. The Hall–Kier alpha value is -1.94. The third-order valence-corrected chi connectivity index (χ3v) is 18.9. The number of phosphoric acid groups is 2. The first kappa shape index (κ1) is 88.1. The summed E-state index contributed by atoms with van der Waals surface area (Å²) in [6.07, 6.45) is 43.1. The molecule has 0 aromatic carbocycles. The van der Waals surface area contributed by atoms with E-state index in [1.807, 2.05) is 0 Å². The summed E-state index contributed by atoms with van der Waals surface area (Å²) in [6, 6.07) is 0. The van der Waals surface area contributed by atoms with Crippen molar-refractivity contribution in [2.75, 3.05) is 39.6 Å². The fourth-order valence-corrected chi connectivity index (χ4v) is 12.2. The van der Waals surface area contributed by atoms with E-state index in [-0.39, 0.29) is 25.7 Å². The van der Waals surface area contributed by atoms with Gasteiger partial charge in [0.2, 0.25) is 0 Å². The molecule has 90 heavy (non-hydrogen) atoms. The molecule has 534 valence electrons. The number of esters is 4. The van der Waals surface area contributed by atoms with Gasteiger partial charge < -0.3 is 33.8 Å². The molecule has 0 heterocycles. The summed E-state index contributed by atoms with van der Waals surface area (Å²) in [5.74, 6) is 0.891. The Morgan fingerprint density at radius 1 is 0.311 bits per heavy atom. The summed E-state index contributed by atoms with van der Waals surface area (Å²) in [6.45, 7) is 14.1. The highest BCUT2D eigenvalue weighted by molar-refractivity contribution is 7.47. The summed E-state index contributed by atoms with van der Waals surface area (Å²) in [5, 5.41) is 10.6. The molecule has 7 atom stereocenters. The maximum Gasteiger partial charge on any atom is 0.472 e. The predicted octanol–water partition coefficient (Wildman–Crippen LogP) is 20.1. The van der Waals surface area contributed by atoms with Crippen LogP contribution in [-0.2, 0) is 65.4 Å². The number of aliphatic hydroxyl groups excluding tert-OH is 1. The van der Waals surface area contributed by atoms with E-state index in [2.05, 4.69) is 55.4 Å². The summed E-state index contributed by atoms with van der Waals surface area (Å²) >= 11 is 0. The van der Waals surface area contributed by atoms with Gasteiger partial charge in [-0.3, -0.25) is 37.3 Å². The monoisotopic (exact) mass is 1320 g/mol. The largest absolute Gasteiger partial charge is 0.472 e. The van der Waals surface area contributed by atoms with Crippen molar-refractivity contribution in [3.8, 4) is 0 Å². The van der Waals surface area contributed by atoms with Gasteiger partial charge in [-0.2, -0.15) is 0 Å². The van der Waals surface area contributed by atoms with Gasteiger partial charge in [0.05, 0.1) is 26.4 Å². The van der Waals surface area contributed by atoms with Gasteiger partial charge in [0.1, 0.15) is 19.3 Å². The maximum absolute atomic E-state index is 13.0. The van der Waals surface area contributed by atoms with E-state index in [9.17, 15) is 43.2 Å². The van der Waals surface area contributed by atoms with Crippen molar-refractivity contribution in [2.45, 2.75) is 369 Å². The van der Waals surface area contributed by atoms with Crippen molar-refractivity contribution in [3.63, 3.8) is 0 Å². The molecular weight excluding hydrogens is 1190 g/mol. The Morgan fingerprint density at radius 2 is 0.533 bits per heavy atom. The Morgan fingerprint density at radius 3 is 0.789 bits per heavy atom. The standard InChI is InChI=1S/C71H138O17P2/c1-9-63(7)49-41-33-25-20-22-28-38-46-54-71(76)88-66(57-81-68(73)51-43-35-26-21-19-24-32-40-48-62(5)6)59-85-89(77,78)83-55-65(72)56-84-90(79,80)86-60-67(58-82-69(74)52-44-36-30-29-34-42-50-64(8)10-2)87-70(75)53-45-37-27-18-16-14-12-11-13-15-17-23-31-39-47-61(3)4/h61-67,72H,9-60H2,1-8H3,(H,77,78)(H,79,80)/t63?,64?,65?,66-,67-/m1/s1. The second-order valence-electron chi connectivity index (χ2n) is 27.1. The van der Waals surface area contributed by atoms with E-state index in [0.717, 1.165) is 120 Å². The minimum Gasteiger partial charge on any atom is -0.462 e. The quantitative estimate of drug-likeness (QED) is 0.0222. The van der Waals surface area contributed by atoms with E-state index < -0.39 is 97.5 Å². The number of carbonyl (C=O) groups excluding carboxylic acids is 4. The second-order valence-corrected chi connectivity index (χ2v) is 30.0. The third-order valence-electron chi connectivity index (χ3n) is 17.0. The van der Waals surface area contributed by atoms with Crippen LogP contribution >= 0.6 is 15.6 Å². The molecule has 0 aliphatic rings. The van der Waals surface area contributed by atoms with Crippen molar-refractivity contribution in [1.82, 2.24) is 0 Å². The number of rotatable bonds is 68. The Labute approximate surface area is 549 Å². The van der Waals surface area contributed by atoms with E-state index in [0.29, 0.717) is 25.7 Å². The topological polar surface area (TPSA) is 237 Å². The first-order valence-corrected chi connectivity index (χ1v) is 39.8. The molecule has 0 saturated heterocycles. The zero-order valence-electron chi connectivity index (χ0n) is 58.8. The van der Waals surface area contributed by atoms with Gasteiger partial charge >= 0.3 is 39.5 Å². The molecule has 3 N–H and O–H groups in total. The van der Waals surface area contributed by atoms with Crippen molar-refractivity contribution in [2.24, 2.45) is 23.7 Å². The normalized spacial score (nSPS) is 14.9. The van der Waals surface area contributed by atoms with Crippen molar-refractivity contribution in [1.29, 1.82) is 0 Å². The number of ether oxygens (including phenoxy) is 4. The first-order valence-electron chi connectivity index (χ1n) is 36.8. The van der Waals surface area contributed by atoms with Crippen LogP contribution in [0, 0.1) is 23.7 Å². The third kappa shape index (κ3) is 62.2. The highest BCUT2D eigenvalue weighted by atomic mass is 31.2. The van der Waals surface area contributed by atoms with Gasteiger partial charge in [0.25, 0.3) is 0 Å². The van der Waals surface area contributed by atoms with Crippen LogP contribution < -0.4 is 0 Å². The molecule has 0 aromatic heterocycles. The predicted molar refractivity (Wildman–Crippen MR) is 363 cm³/mol. The zero-order valence-corrected chi connectivity index (χ0v) is 60.6. The summed E-state index contributed by atoms with van der Waals surface area (Å²) in [5.41, 5.74) is 0. The molecule has 0 aliphatic carbocycles. The average molecular weight is 1330 g/mol. The molecule has 0 bridgehead atoms. The van der Waals surface area contributed by atoms with Gasteiger partial charge in [-0.05, 0) is 49.4 Å². The van der Waals surface area contributed by atoms with Crippen LogP contribution in [0.2, 0.25) is 0 Å². The van der Waals surface area contributed by atoms with Crippen molar-refractivity contribution >= 4 is 39.5 Å². The lowest BCUT2D eigenvalue weighted by molar-refractivity contribution is -0.161. The smallest absolute Gasteiger partial charge is 0.462 e. The van der Waals surface area contributed by atoms with Crippen LogP contribution in [0.4, 0.5) is 0 Å². The average Bonchev–Trinajstić information content (AvgIpc) is 3.58. The summed E-state index contributed by atoms with van der Waals surface area (Å²) in [7, 11) is -9.90. The van der Waals surface area contributed by atoms with Gasteiger partial charge in [-0.15, -0.1) is 0 Å². The molecule has 19 heteroatoms. The van der Waals surface area contributed by atoms with E-state index in [1.54, 1.807) is 0 Å². The zero-order chi connectivity index (χ0) is 66.8. The van der Waals surface area contributed by atoms with E-state index in [4.69, 9.17) is 37.0 Å². The Bertz CT molecular complexity index is 1790. The van der Waals surface area contributed by atoms with Crippen LogP contribution in [0.15, 0.2) is 0 Å². The van der Waals surface area contributed by atoms with Crippen LogP contribution in [0.5, 0.6) is 0 Å². The van der Waals surface area contributed by atoms with Gasteiger partial charge in [-0.1, -0.05) is 299 Å². The minimum absolute atomic E-state index is 0.104. The minimum atomic E-state index is -4.95. The number of unbranched alkanes of at least 4 members (excludes halogenated alkanes) is 32. The van der Waals surface area contributed by atoms with E-state index in [1.165, 1.54) is 148 Å². The second kappa shape index (κ2) is 60.7.